The smallest absolute Gasteiger partial charge is 0.139 e. The first-order chi connectivity index (χ1) is 7.81. The van der Waals surface area contributed by atoms with Crippen molar-refractivity contribution < 1.29 is 0 Å². The summed E-state index contributed by atoms with van der Waals surface area (Å²) in [4.78, 5) is 4.30. The molecule has 0 fully saturated rings. The van der Waals surface area contributed by atoms with Crippen molar-refractivity contribution in [1.82, 2.24) is 9.55 Å². The SMILES string of the molecule is Cn1ccnc1-c1ccc(/C=C/CN)cc1. The molecular weight excluding hydrogens is 198 g/mol. The summed E-state index contributed by atoms with van der Waals surface area (Å²) in [6, 6.07) is 8.27. The van der Waals surface area contributed by atoms with Crippen LogP contribution in [0.5, 0.6) is 0 Å². The number of benzene rings is 1. The second kappa shape index (κ2) is 4.77. The van der Waals surface area contributed by atoms with Crippen LogP contribution in [0.15, 0.2) is 42.7 Å². The highest BCUT2D eigenvalue weighted by Gasteiger charge is 2.01. The lowest BCUT2D eigenvalue weighted by molar-refractivity contribution is 0.925. The number of hydrogen-bond donors (Lipinski definition) is 1. The van der Waals surface area contributed by atoms with Crippen molar-refractivity contribution in [3.63, 3.8) is 0 Å². The Balaban J connectivity index is 2.26. The van der Waals surface area contributed by atoms with E-state index in [4.69, 9.17) is 5.73 Å². The molecule has 0 bridgehead atoms. The van der Waals surface area contributed by atoms with Crippen LogP contribution in [0.3, 0.4) is 0 Å². The molecule has 2 aromatic rings. The van der Waals surface area contributed by atoms with Crippen LogP contribution in [0.2, 0.25) is 0 Å². The molecule has 0 aliphatic carbocycles. The van der Waals surface area contributed by atoms with E-state index >= 15 is 0 Å². The topological polar surface area (TPSA) is 43.8 Å². The van der Waals surface area contributed by atoms with E-state index in [2.05, 4.69) is 29.2 Å². The van der Waals surface area contributed by atoms with Crippen molar-refractivity contribution in [2.45, 2.75) is 0 Å². The molecule has 1 aromatic heterocycles. The minimum absolute atomic E-state index is 0.571. The fourth-order valence-electron chi connectivity index (χ4n) is 1.59. The molecule has 0 amide bonds. The molecule has 1 heterocycles. The second-order valence-corrected chi connectivity index (χ2v) is 3.62. The molecule has 0 radical (unpaired) electrons. The molecule has 2 N–H and O–H groups in total. The van der Waals surface area contributed by atoms with Gasteiger partial charge >= 0.3 is 0 Å². The third kappa shape index (κ3) is 2.20. The quantitative estimate of drug-likeness (QED) is 0.848. The average molecular weight is 213 g/mol. The highest BCUT2D eigenvalue weighted by molar-refractivity contribution is 5.60. The molecule has 16 heavy (non-hydrogen) atoms. The molecule has 1 aromatic carbocycles. The van der Waals surface area contributed by atoms with Gasteiger partial charge in [-0.2, -0.15) is 0 Å². The summed E-state index contributed by atoms with van der Waals surface area (Å²) in [5, 5.41) is 0. The van der Waals surface area contributed by atoms with Gasteiger partial charge in [0.25, 0.3) is 0 Å². The number of aryl methyl sites for hydroxylation is 1. The Hall–Kier alpha value is -1.87. The van der Waals surface area contributed by atoms with Crippen molar-refractivity contribution >= 4 is 6.08 Å². The lowest BCUT2D eigenvalue weighted by Crippen LogP contribution is -1.92. The number of imidazole rings is 1. The Morgan fingerprint density at radius 2 is 2.06 bits per heavy atom. The van der Waals surface area contributed by atoms with Crippen LogP contribution >= 0.6 is 0 Å². The van der Waals surface area contributed by atoms with Gasteiger partial charge in [0.1, 0.15) is 5.82 Å². The zero-order valence-corrected chi connectivity index (χ0v) is 9.30. The van der Waals surface area contributed by atoms with Crippen LogP contribution in [-0.4, -0.2) is 16.1 Å². The normalized spacial score (nSPS) is 11.1. The number of rotatable bonds is 3. The van der Waals surface area contributed by atoms with Gasteiger partial charge < -0.3 is 10.3 Å². The Bertz CT molecular complexity index is 480. The van der Waals surface area contributed by atoms with Crippen LogP contribution in [0.25, 0.3) is 17.5 Å². The van der Waals surface area contributed by atoms with Crippen molar-refractivity contribution in [3.8, 4) is 11.4 Å². The fourth-order valence-corrected chi connectivity index (χ4v) is 1.59. The monoisotopic (exact) mass is 213 g/mol. The van der Waals surface area contributed by atoms with Crippen LogP contribution in [0, 0.1) is 0 Å². The van der Waals surface area contributed by atoms with Crippen LogP contribution < -0.4 is 5.73 Å². The first kappa shape index (κ1) is 10.6. The Morgan fingerprint density at radius 1 is 1.31 bits per heavy atom. The summed E-state index contributed by atoms with van der Waals surface area (Å²) in [6.07, 6.45) is 7.70. The minimum Gasteiger partial charge on any atom is -0.334 e. The summed E-state index contributed by atoms with van der Waals surface area (Å²) in [5.41, 5.74) is 7.68. The van der Waals surface area contributed by atoms with E-state index in [1.54, 1.807) is 6.20 Å². The standard InChI is InChI=1S/C13H15N3/c1-16-10-9-15-13(16)12-6-4-11(5-7-12)3-2-8-14/h2-7,9-10H,8,14H2,1H3/b3-2+. The molecule has 0 aliphatic rings. The van der Waals surface area contributed by atoms with Crippen molar-refractivity contribution in [2.24, 2.45) is 12.8 Å². The maximum atomic E-state index is 5.40. The molecule has 82 valence electrons. The van der Waals surface area contributed by atoms with Gasteiger partial charge in [-0.1, -0.05) is 36.4 Å². The van der Waals surface area contributed by atoms with Gasteiger partial charge in [-0.15, -0.1) is 0 Å². The molecule has 0 aliphatic heterocycles. The summed E-state index contributed by atoms with van der Waals surface area (Å²) >= 11 is 0. The highest BCUT2D eigenvalue weighted by atomic mass is 15.0. The lowest BCUT2D eigenvalue weighted by atomic mass is 10.1. The highest BCUT2D eigenvalue weighted by Crippen LogP contribution is 2.17. The molecule has 2 rings (SSSR count). The third-order valence-electron chi connectivity index (χ3n) is 2.44. The molecular formula is C13H15N3. The van der Waals surface area contributed by atoms with Crippen molar-refractivity contribution in [1.29, 1.82) is 0 Å². The first-order valence-electron chi connectivity index (χ1n) is 5.25. The maximum Gasteiger partial charge on any atom is 0.139 e. The molecule has 0 saturated heterocycles. The lowest BCUT2D eigenvalue weighted by Gasteiger charge is -2.02. The molecule has 3 nitrogen and oxygen atoms in total. The summed E-state index contributed by atoms with van der Waals surface area (Å²) in [6.45, 7) is 0.571. The van der Waals surface area contributed by atoms with Gasteiger partial charge in [0.05, 0.1) is 0 Å². The van der Waals surface area contributed by atoms with Crippen molar-refractivity contribution in [3.05, 3.63) is 48.3 Å². The van der Waals surface area contributed by atoms with E-state index in [-0.39, 0.29) is 0 Å². The van der Waals surface area contributed by atoms with Gasteiger partial charge in [0.15, 0.2) is 0 Å². The minimum atomic E-state index is 0.571. The Kier molecular flexibility index (Phi) is 3.17. The molecule has 0 saturated carbocycles. The van der Waals surface area contributed by atoms with E-state index in [0.717, 1.165) is 17.0 Å². The van der Waals surface area contributed by atoms with Crippen molar-refractivity contribution in [2.75, 3.05) is 6.54 Å². The van der Waals surface area contributed by atoms with Crippen LogP contribution in [0.4, 0.5) is 0 Å². The van der Waals surface area contributed by atoms with Crippen LogP contribution in [0.1, 0.15) is 5.56 Å². The van der Waals surface area contributed by atoms with E-state index < -0.39 is 0 Å². The maximum absolute atomic E-state index is 5.40. The number of aromatic nitrogens is 2. The van der Waals surface area contributed by atoms with Gasteiger partial charge in [0, 0.05) is 31.5 Å². The van der Waals surface area contributed by atoms with E-state index in [0.29, 0.717) is 6.54 Å². The predicted octanol–water partition coefficient (Wildman–Crippen LogP) is 2.06. The Labute approximate surface area is 95.2 Å². The number of nitrogens with zero attached hydrogens (tertiary/aromatic N) is 2. The summed E-state index contributed by atoms with van der Waals surface area (Å²) < 4.78 is 2.00. The number of nitrogens with two attached hydrogens (primary N) is 1. The van der Waals surface area contributed by atoms with Gasteiger partial charge in [0.2, 0.25) is 0 Å². The summed E-state index contributed by atoms with van der Waals surface area (Å²) in [5.74, 6) is 0.981. The van der Waals surface area contributed by atoms with Gasteiger partial charge in [-0.05, 0) is 5.56 Å². The van der Waals surface area contributed by atoms with Gasteiger partial charge in [-0.25, -0.2) is 4.98 Å². The predicted molar refractivity (Wildman–Crippen MR) is 66.7 cm³/mol. The molecule has 0 atom stereocenters. The first-order valence-corrected chi connectivity index (χ1v) is 5.25. The molecule has 3 heteroatoms. The molecule has 0 spiro atoms. The largest absolute Gasteiger partial charge is 0.334 e. The average Bonchev–Trinajstić information content (AvgIpc) is 2.74. The zero-order chi connectivity index (χ0) is 11.4. The molecule has 0 unspecified atom stereocenters. The van der Waals surface area contributed by atoms with E-state index in [1.807, 2.05) is 30.0 Å². The fraction of sp³-hybridized carbons (Fsp3) is 0.154. The summed E-state index contributed by atoms with van der Waals surface area (Å²) in [7, 11) is 1.99. The zero-order valence-electron chi connectivity index (χ0n) is 9.30. The Morgan fingerprint density at radius 3 is 2.62 bits per heavy atom. The van der Waals surface area contributed by atoms with E-state index in [9.17, 15) is 0 Å². The van der Waals surface area contributed by atoms with E-state index in [1.165, 1.54) is 0 Å². The third-order valence-corrected chi connectivity index (χ3v) is 2.44. The second-order valence-electron chi connectivity index (χ2n) is 3.62. The number of hydrogen-bond acceptors (Lipinski definition) is 2. The van der Waals surface area contributed by atoms with Crippen LogP contribution in [-0.2, 0) is 7.05 Å². The van der Waals surface area contributed by atoms with Gasteiger partial charge in [-0.3, -0.25) is 0 Å².